The number of anilines is 1. The zero-order chi connectivity index (χ0) is 17.5. The first-order valence-corrected chi connectivity index (χ1v) is 7.85. The van der Waals surface area contributed by atoms with Gasteiger partial charge in [0.2, 0.25) is 11.8 Å². The van der Waals surface area contributed by atoms with E-state index in [4.69, 9.17) is 10.5 Å². The van der Waals surface area contributed by atoms with Crippen LogP contribution in [0.3, 0.4) is 0 Å². The lowest BCUT2D eigenvalue weighted by atomic mass is 9.81. The van der Waals surface area contributed by atoms with Crippen LogP contribution in [0, 0.1) is 5.41 Å². The third-order valence-electron chi connectivity index (χ3n) is 4.25. The lowest BCUT2D eigenvalue weighted by Crippen LogP contribution is -2.45. The van der Waals surface area contributed by atoms with Gasteiger partial charge in [-0.05, 0) is 30.5 Å². The Balaban J connectivity index is 0.00000529. The van der Waals surface area contributed by atoms with Crippen LogP contribution >= 0.6 is 12.4 Å². The molecule has 0 atom stereocenters. The highest BCUT2D eigenvalue weighted by atomic mass is 35.5. The average molecular weight is 358 g/mol. The van der Waals surface area contributed by atoms with Crippen molar-refractivity contribution in [3.05, 3.63) is 23.8 Å². The van der Waals surface area contributed by atoms with Gasteiger partial charge < -0.3 is 21.1 Å². The van der Waals surface area contributed by atoms with Crippen molar-refractivity contribution in [1.29, 1.82) is 0 Å². The van der Waals surface area contributed by atoms with E-state index in [1.807, 2.05) is 19.9 Å². The fourth-order valence-electron chi connectivity index (χ4n) is 2.47. The molecular weight excluding hydrogens is 330 g/mol. The lowest BCUT2D eigenvalue weighted by Gasteiger charge is -2.28. The van der Waals surface area contributed by atoms with Crippen LogP contribution < -0.4 is 21.1 Å². The third kappa shape index (κ3) is 5.39. The fourth-order valence-corrected chi connectivity index (χ4v) is 2.47. The molecule has 1 aromatic carbocycles. The zero-order valence-corrected chi connectivity index (χ0v) is 15.6. The summed E-state index contributed by atoms with van der Waals surface area (Å²) in [6.45, 7) is 6.07. The summed E-state index contributed by atoms with van der Waals surface area (Å²) in [5.74, 6) is 0.360. The van der Waals surface area contributed by atoms with Crippen molar-refractivity contribution >= 4 is 29.9 Å². The Morgan fingerprint density at radius 3 is 2.33 bits per heavy atom. The minimum absolute atomic E-state index is 0. The first kappa shape index (κ1) is 22.2. The van der Waals surface area contributed by atoms with Gasteiger partial charge in [0.05, 0.1) is 18.2 Å². The Kier molecular flexibility index (Phi) is 9.40. The van der Waals surface area contributed by atoms with Crippen molar-refractivity contribution < 1.29 is 14.3 Å². The molecule has 136 valence electrons. The van der Waals surface area contributed by atoms with Gasteiger partial charge in [0.1, 0.15) is 5.75 Å². The minimum atomic E-state index is -0.521. The van der Waals surface area contributed by atoms with Gasteiger partial charge in [-0.3, -0.25) is 9.59 Å². The van der Waals surface area contributed by atoms with Crippen LogP contribution in [0.4, 0.5) is 5.69 Å². The van der Waals surface area contributed by atoms with Crippen LogP contribution in [0.15, 0.2) is 18.2 Å². The second-order valence-electron chi connectivity index (χ2n) is 5.59. The summed E-state index contributed by atoms with van der Waals surface area (Å²) in [6.07, 6.45) is 1.40. The summed E-state index contributed by atoms with van der Waals surface area (Å²) in [5, 5.41) is 5.66. The Bertz CT molecular complexity index is 552. The summed E-state index contributed by atoms with van der Waals surface area (Å²) < 4.78 is 5.21. The maximum Gasteiger partial charge on any atom is 0.227 e. The van der Waals surface area contributed by atoms with Gasteiger partial charge >= 0.3 is 0 Å². The highest BCUT2D eigenvalue weighted by Gasteiger charge is 2.32. The van der Waals surface area contributed by atoms with E-state index in [9.17, 15) is 9.59 Å². The Hall–Kier alpha value is -1.79. The fraction of sp³-hybridized carbons (Fsp3) is 0.529. The predicted octanol–water partition coefficient (Wildman–Crippen LogP) is 2.46. The number of carbonyl (C=O) groups is 2. The van der Waals surface area contributed by atoms with E-state index in [1.165, 1.54) is 6.92 Å². The standard InChI is InChI=1S/C17H27N3O3.ClH/c1-5-17(6-2,11-18)16(22)19-10-13-7-8-15(23-4)14(9-13)20-12(3)21;/h7-9H,5-6,10-11,18H2,1-4H3,(H,19,22)(H,20,21);1H. The number of benzene rings is 1. The summed E-state index contributed by atoms with van der Waals surface area (Å²) in [7, 11) is 1.54. The molecule has 1 aromatic rings. The molecule has 0 fully saturated rings. The van der Waals surface area contributed by atoms with Gasteiger partial charge in [0.15, 0.2) is 0 Å². The number of hydrogen-bond acceptors (Lipinski definition) is 4. The molecule has 0 saturated heterocycles. The van der Waals surface area contributed by atoms with Gasteiger partial charge in [0.25, 0.3) is 0 Å². The topological polar surface area (TPSA) is 93.5 Å². The molecule has 0 aromatic heterocycles. The maximum atomic E-state index is 12.4. The molecule has 7 heteroatoms. The molecule has 2 amide bonds. The molecule has 0 aliphatic heterocycles. The largest absolute Gasteiger partial charge is 0.495 e. The van der Waals surface area contributed by atoms with Crippen LogP contribution in [0.25, 0.3) is 0 Å². The molecule has 6 nitrogen and oxygen atoms in total. The molecule has 0 aliphatic carbocycles. The number of nitrogens with one attached hydrogen (secondary N) is 2. The number of methoxy groups -OCH3 is 1. The highest BCUT2D eigenvalue weighted by molar-refractivity contribution is 5.90. The van der Waals surface area contributed by atoms with E-state index in [1.54, 1.807) is 19.2 Å². The number of carbonyl (C=O) groups excluding carboxylic acids is 2. The molecule has 1 rings (SSSR count). The van der Waals surface area contributed by atoms with Gasteiger partial charge in [-0.25, -0.2) is 0 Å². The lowest BCUT2D eigenvalue weighted by molar-refractivity contribution is -0.131. The number of hydrogen-bond donors (Lipinski definition) is 3. The minimum Gasteiger partial charge on any atom is -0.495 e. The number of ether oxygens (including phenoxy) is 1. The quantitative estimate of drug-likeness (QED) is 0.666. The first-order chi connectivity index (χ1) is 10.9. The molecule has 0 heterocycles. The summed E-state index contributed by atoms with van der Waals surface area (Å²) in [4.78, 5) is 23.7. The van der Waals surface area contributed by atoms with Crippen LogP contribution in [0.5, 0.6) is 5.75 Å². The summed E-state index contributed by atoms with van der Waals surface area (Å²) in [6, 6.07) is 5.41. The van der Waals surface area contributed by atoms with Crippen molar-refractivity contribution in [3.8, 4) is 5.75 Å². The second kappa shape index (κ2) is 10.2. The molecule has 24 heavy (non-hydrogen) atoms. The molecule has 4 N–H and O–H groups in total. The molecule has 0 bridgehead atoms. The predicted molar refractivity (Wildman–Crippen MR) is 98.5 cm³/mol. The second-order valence-corrected chi connectivity index (χ2v) is 5.59. The van der Waals surface area contributed by atoms with Gasteiger partial charge in [-0.15, -0.1) is 12.4 Å². The SMILES string of the molecule is CCC(CC)(CN)C(=O)NCc1ccc(OC)c(NC(C)=O)c1.Cl. The average Bonchev–Trinajstić information content (AvgIpc) is 2.54. The van der Waals surface area contributed by atoms with Gasteiger partial charge in [0, 0.05) is 20.0 Å². The van der Waals surface area contributed by atoms with Crippen LogP contribution in [0.2, 0.25) is 0 Å². The van der Waals surface area contributed by atoms with Crippen LogP contribution in [-0.4, -0.2) is 25.5 Å². The molecule has 0 radical (unpaired) electrons. The van der Waals surface area contributed by atoms with E-state index < -0.39 is 5.41 Å². The molecular formula is C17H28ClN3O3. The number of rotatable bonds is 8. The van der Waals surface area contributed by atoms with E-state index in [-0.39, 0.29) is 24.2 Å². The van der Waals surface area contributed by atoms with Gasteiger partial charge in [-0.2, -0.15) is 0 Å². The van der Waals surface area contributed by atoms with Crippen LogP contribution in [0.1, 0.15) is 39.2 Å². The summed E-state index contributed by atoms with van der Waals surface area (Å²) >= 11 is 0. The zero-order valence-electron chi connectivity index (χ0n) is 14.8. The van der Waals surface area contributed by atoms with E-state index in [0.717, 1.165) is 5.56 Å². The van der Waals surface area contributed by atoms with Gasteiger partial charge in [-0.1, -0.05) is 19.9 Å². The van der Waals surface area contributed by atoms with Crippen molar-refractivity contribution in [1.82, 2.24) is 5.32 Å². The Labute approximate surface area is 149 Å². The first-order valence-electron chi connectivity index (χ1n) is 7.85. The van der Waals surface area contributed by atoms with Crippen molar-refractivity contribution in [3.63, 3.8) is 0 Å². The van der Waals surface area contributed by atoms with Crippen molar-refractivity contribution in [2.45, 2.75) is 40.2 Å². The van der Waals surface area contributed by atoms with Crippen LogP contribution in [-0.2, 0) is 16.1 Å². The molecule has 0 aliphatic rings. The Morgan fingerprint density at radius 2 is 1.88 bits per heavy atom. The third-order valence-corrected chi connectivity index (χ3v) is 4.25. The summed E-state index contributed by atoms with van der Waals surface area (Å²) in [5.41, 5.74) is 6.73. The van der Waals surface area contributed by atoms with E-state index in [0.29, 0.717) is 37.4 Å². The van der Waals surface area contributed by atoms with E-state index in [2.05, 4.69) is 10.6 Å². The highest BCUT2D eigenvalue weighted by Crippen LogP contribution is 2.27. The smallest absolute Gasteiger partial charge is 0.227 e. The molecule has 0 spiro atoms. The number of halogens is 1. The van der Waals surface area contributed by atoms with Crippen molar-refractivity contribution in [2.75, 3.05) is 19.0 Å². The monoisotopic (exact) mass is 357 g/mol. The molecule has 0 unspecified atom stereocenters. The number of nitrogens with two attached hydrogens (primary N) is 1. The normalized spacial score (nSPS) is 10.5. The maximum absolute atomic E-state index is 12.4. The van der Waals surface area contributed by atoms with Crippen molar-refractivity contribution in [2.24, 2.45) is 11.1 Å². The van der Waals surface area contributed by atoms with E-state index >= 15 is 0 Å². The molecule has 0 saturated carbocycles. The Morgan fingerprint density at radius 1 is 1.25 bits per heavy atom. The number of amides is 2.